The summed E-state index contributed by atoms with van der Waals surface area (Å²) in [6.07, 6.45) is 3.81. The summed E-state index contributed by atoms with van der Waals surface area (Å²) in [5.41, 5.74) is 1.80. The molecule has 1 unspecified atom stereocenters. The minimum Gasteiger partial charge on any atom is -0.490 e. The average Bonchev–Trinajstić information content (AvgIpc) is 2.99. The van der Waals surface area contributed by atoms with Crippen LogP contribution in [0.25, 0.3) is 0 Å². The Morgan fingerprint density at radius 3 is 2.81 bits per heavy atom. The van der Waals surface area contributed by atoms with E-state index in [1.807, 2.05) is 19.1 Å². The largest absolute Gasteiger partial charge is 0.490 e. The Hall–Kier alpha value is -0.660. The predicted octanol–water partition coefficient (Wildman–Crippen LogP) is 4.12. The number of aromatic nitrogens is 1. The van der Waals surface area contributed by atoms with Crippen LogP contribution in [-0.4, -0.2) is 16.7 Å². The van der Waals surface area contributed by atoms with Gasteiger partial charge in [-0.15, -0.1) is 11.3 Å². The lowest BCUT2D eigenvalue weighted by molar-refractivity contribution is -0.0639. The minimum atomic E-state index is -0.955. The summed E-state index contributed by atoms with van der Waals surface area (Å²) >= 11 is 3.78. The molecule has 1 aromatic heterocycles. The van der Waals surface area contributed by atoms with Crippen molar-refractivity contribution in [3.05, 3.63) is 43.9 Å². The molecular formula is C16H18INO2S. The first-order chi connectivity index (χ1) is 9.95. The zero-order valence-electron chi connectivity index (χ0n) is 12.1. The Morgan fingerprint density at radius 2 is 2.24 bits per heavy atom. The lowest BCUT2D eigenvalue weighted by Crippen LogP contribution is -2.40. The fraction of sp³-hybridized carbons (Fsp3) is 0.438. The van der Waals surface area contributed by atoms with Gasteiger partial charge in [-0.3, -0.25) is 4.98 Å². The van der Waals surface area contributed by atoms with Crippen LogP contribution in [-0.2, 0) is 5.60 Å². The van der Waals surface area contributed by atoms with E-state index in [0.717, 1.165) is 29.0 Å². The molecule has 0 amide bonds. The maximum absolute atomic E-state index is 11.2. The van der Waals surface area contributed by atoms with Crippen LogP contribution in [0.1, 0.15) is 30.2 Å². The van der Waals surface area contributed by atoms with E-state index in [0.29, 0.717) is 0 Å². The normalized spacial score (nSPS) is 19.0. The van der Waals surface area contributed by atoms with Gasteiger partial charge in [0.15, 0.2) is 0 Å². The lowest BCUT2D eigenvalue weighted by Gasteiger charge is -2.33. The molecule has 0 saturated heterocycles. The van der Waals surface area contributed by atoms with E-state index in [1.54, 1.807) is 11.7 Å². The number of aryl methyl sites for hydroxylation is 1. The number of aliphatic hydroxyl groups is 1. The average molecular weight is 415 g/mol. The number of nitrogens with zero attached hydrogens (tertiary/aromatic N) is 1. The zero-order valence-corrected chi connectivity index (χ0v) is 15.1. The molecule has 112 valence electrons. The summed E-state index contributed by atoms with van der Waals surface area (Å²) < 4.78 is 7.16. The van der Waals surface area contributed by atoms with E-state index in [4.69, 9.17) is 4.74 Å². The number of benzene rings is 1. The third kappa shape index (κ3) is 2.83. The molecule has 3 rings (SSSR count). The molecule has 0 spiro atoms. The maximum Gasteiger partial charge on any atom is 0.139 e. The van der Waals surface area contributed by atoms with Gasteiger partial charge in [0.05, 0.1) is 10.4 Å². The van der Waals surface area contributed by atoms with Crippen molar-refractivity contribution in [1.82, 2.24) is 4.98 Å². The van der Waals surface area contributed by atoms with Gasteiger partial charge in [-0.2, -0.15) is 0 Å². The number of rotatable bonds is 5. The van der Waals surface area contributed by atoms with Gasteiger partial charge in [0, 0.05) is 15.2 Å². The third-order valence-electron chi connectivity index (χ3n) is 4.41. The van der Waals surface area contributed by atoms with Crippen LogP contribution < -0.4 is 4.74 Å². The molecule has 3 nitrogen and oxygen atoms in total. The fourth-order valence-electron chi connectivity index (χ4n) is 2.52. The molecule has 1 aliphatic rings. The summed E-state index contributed by atoms with van der Waals surface area (Å²) in [7, 11) is 0. The number of halogens is 1. The van der Waals surface area contributed by atoms with Crippen molar-refractivity contribution in [1.29, 1.82) is 0 Å². The third-order valence-corrected chi connectivity index (χ3v) is 6.01. The highest BCUT2D eigenvalue weighted by molar-refractivity contribution is 14.1. The van der Waals surface area contributed by atoms with E-state index < -0.39 is 5.60 Å². The molecule has 21 heavy (non-hydrogen) atoms. The van der Waals surface area contributed by atoms with Crippen molar-refractivity contribution in [2.75, 3.05) is 6.61 Å². The molecule has 0 radical (unpaired) electrons. The van der Waals surface area contributed by atoms with E-state index in [9.17, 15) is 5.11 Å². The van der Waals surface area contributed by atoms with Crippen LogP contribution in [0.3, 0.4) is 0 Å². The van der Waals surface area contributed by atoms with E-state index in [1.165, 1.54) is 14.9 Å². The van der Waals surface area contributed by atoms with Crippen LogP contribution in [0.15, 0.2) is 29.9 Å². The Kier molecular flexibility index (Phi) is 4.00. The Balaban J connectivity index is 1.83. The molecule has 2 aromatic rings. The molecule has 5 heteroatoms. The summed E-state index contributed by atoms with van der Waals surface area (Å²) in [6.45, 7) is 4.42. The standard InChI is InChI=1S/C16H18INO2S/c1-11-7-12(17)3-4-13(11)20-9-16(19,15(2)5-6-15)14-8-18-10-21-14/h3-4,7-8,10,19H,5-6,9H2,1-2H3. The van der Waals surface area contributed by atoms with Crippen molar-refractivity contribution in [2.45, 2.75) is 32.3 Å². The number of thiazole rings is 1. The number of hydrogen-bond donors (Lipinski definition) is 1. The highest BCUT2D eigenvalue weighted by Gasteiger charge is 2.57. The maximum atomic E-state index is 11.2. The molecule has 1 aromatic carbocycles. The highest BCUT2D eigenvalue weighted by Crippen LogP contribution is 2.58. The Morgan fingerprint density at radius 1 is 1.48 bits per heavy atom. The molecular weight excluding hydrogens is 397 g/mol. The summed E-state index contributed by atoms with van der Waals surface area (Å²) in [5, 5.41) is 11.2. The lowest BCUT2D eigenvalue weighted by atomic mass is 9.85. The molecule has 1 N–H and O–H groups in total. The second-order valence-electron chi connectivity index (χ2n) is 5.99. The molecule has 1 atom stereocenters. The van der Waals surface area contributed by atoms with Crippen LogP contribution in [0.2, 0.25) is 0 Å². The number of hydrogen-bond acceptors (Lipinski definition) is 4. The summed E-state index contributed by atoms with van der Waals surface area (Å²) in [5.74, 6) is 0.836. The first-order valence-electron chi connectivity index (χ1n) is 6.95. The molecule has 1 heterocycles. The Labute approximate surface area is 142 Å². The molecule has 1 aliphatic carbocycles. The SMILES string of the molecule is Cc1cc(I)ccc1OCC(O)(c1cncs1)C1(C)CC1. The molecule has 1 fully saturated rings. The van der Waals surface area contributed by atoms with Gasteiger partial charge in [0.2, 0.25) is 0 Å². The van der Waals surface area contributed by atoms with Gasteiger partial charge in [0.25, 0.3) is 0 Å². The highest BCUT2D eigenvalue weighted by atomic mass is 127. The van der Waals surface area contributed by atoms with E-state index in [-0.39, 0.29) is 12.0 Å². The second-order valence-corrected chi connectivity index (χ2v) is 8.12. The number of ether oxygens (including phenoxy) is 1. The summed E-state index contributed by atoms with van der Waals surface area (Å²) in [6, 6.07) is 6.08. The van der Waals surface area contributed by atoms with Gasteiger partial charge >= 0.3 is 0 Å². The molecule has 0 bridgehead atoms. The second kappa shape index (κ2) is 5.52. The smallest absolute Gasteiger partial charge is 0.139 e. The monoisotopic (exact) mass is 415 g/mol. The van der Waals surface area contributed by atoms with Crippen LogP contribution >= 0.6 is 33.9 Å². The van der Waals surface area contributed by atoms with Crippen molar-refractivity contribution >= 4 is 33.9 Å². The van der Waals surface area contributed by atoms with Crippen LogP contribution in [0, 0.1) is 15.9 Å². The van der Waals surface area contributed by atoms with Gasteiger partial charge in [-0.1, -0.05) is 6.92 Å². The molecule has 0 aliphatic heterocycles. The molecule has 1 saturated carbocycles. The summed E-state index contributed by atoms with van der Waals surface area (Å²) in [4.78, 5) is 5.01. The first-order valence-corrected chi connectivity index (χ1v) is 8.91. The van der Waals surface area contributed by atoms with Gasteiger partial charge < -0.3 is 9.84 Å². The topological polar surface area (TPSA) is 42.4 Å². The van der Waals surface area contributed by atoms with Crippen molar-refractivity contribution in [3.8, 4) is 5.75 Å². The quantitative estimate of drug-likeness (QED) is 0.748. The van der Waals surface area contributed by atoms with Gasteiger partial charge in [0.1, 0.15) is 18.0 Å². The first kappa shape index (κ1) is 15.2. The van der Waals surface area contributed by atoms with Gasteiger partial charge in [-0.25, -0.2) is 0 Å². The predicted molar refractivity (Wildman–Crippen MR) is 92.7 cm³/mol. The fourth-order valence-corrected chi connectivity index (χ4v) is 4.03. The zero-order chi connectivity index (χ0) is 15.1. The van der Waals surface area contributed by atoms with Crippen molar-refractivity contribution in [2.24, 2.45) is 5.41 Å². The van der Waals surface area contributed by atoms with Crippen molar-refractivity contribution < 1.29 is 9.84 Å². The minimum absolute atomic E-state index is 0.101. The van der Waals surface area contributed by atoms with E-state index in [2.05, 4.69) is 40.6 Å². The van der Waals surface area contributed by atoms with Crippen LogP contribution in [0.5, 0.6) is 5.75 Å². The van der Waals surface area contributed by atoms with Gasteiger partial charge in [-0.05, 0) is 66.1 Å². The van der Waals surface area contributed by atoms with Crippen LogP contribution in [0.4, 0.5) is 0 Å². The Bertz CT molecular complexity index is 640. The van der Waals surface area contributed by atoms with E-state index >= 15 is 0 Å². The van der Waals surface area contributed by atoms with Crippen molar-refractivity contribution in [3.63, 3.8) is 0 Å².